The molecule has 88 valence electrons. The van der Waals surface area contributed by atoms with E-state index in [2.05, 4.69) is 10.2 Å². The summed E-state index contributed by atoms with van der Waals surface area (Å²) in [6, 6.07) is 9.87. The lowest BCUT2D eigenvalue weighted by Crippen LogP contribution is -2.21. The van der Waals surface area contributed by atoms with E-state index in [4.69, 9.17) is 0 Å². The zero-order valence-corrected chi connectivity index (χ0v) is 9.87. The Labute approximate surface area is 99.7 Å². The van der Waals surface area contributed by atoms with Gasteiger partial charge in [-0.3, -0.25) is 4.79 Å². The van der Waals surface area contributed by atoms with Gasteiger partial charge in [0.15, 0.2) is 0 Å². The fourth-order valence-electron chi connectivity index (χ4n) is 1.59. The number of hydrogen-bond acceptors (Lipinski definition) is 3. The van der Waals surface area contributed by atoms with Gasteiger partial charge in [-0.25, -0.2) is 0 Å². The molecular weight excluding hydrogens is 216 g/mol. The van der Waals surface area contributed by atoms with Crippen LogP contribution in [0, 0.1) is 6.92 Å². The molecule has 1 aromatic heterocycles. The third-order valence-electron chi connectivity index (χ3n) is 2.40. The van der Waals surface area contributed by atoms with Gasteiger partial charge in [0.25, 0.3) is 0 Å². The summed E-state index contributed by atoms with van der Waals surface area (Å²) in [5.74, 6) is 0. The van der Waals surface area contributed by atoms with Crippen molar-refractivity contribution in [3.63, 3.8) is 0 Å². The van der Waals surface area contributed by atoms with Crippen LogP contribution in [0.3, 0.4) is 0 Å². The molecule has 0 spiro atoms. The van der Waals surface area contributed by atoms with E-state index in [-0.39, 0.29) is 0 Å². The van der Waals surface area contributed by atoms with E-state index in [1.807, 2.05) is 37.3 Å². The molecule has 2 aromatic rings. The number of carbonyl (C=O) groups is 1. The molecule has 0 fully saturated rings. The first-order chi connectivity index (χ1) is 8.20. The molecule has 0 aliphatic carbocycles. The van der Waals surface area contributed by atoms with E-state index >= 15 is 0 Å². The van der Waals surface area contributed by atoms with Crippen molar-refractivity contribution in [3.05, 3.63) is 36.0 Å². The van der Waals surface area contributed by atoms with Crippen molar-refractivity contribution in [2.24, 2.45) is 0 Å². The molecule has 0 saturated heterocycles. The molecule has 1 heterocycles. The van der Waals surface area contributed by atoms with E-state index in [1.54, 1.807) is 7.05 Å². The molecule has 0 radical (unpaired) electrons. The van der Waals surface area contributed by atoms with Gasteiger partial charge in [0.1, 0.15) is 12.4 Å². The van der Waals surface area contributed by atoms with Gasteiger partial charge >= 0.3 is 0 Å². The van der Waals surface area contributed by atoms with Crippen molar-refractivity contribution in [2.75, 3.05) is 7.05 Å². The predicted octanol–water partition coefficient (Wildman–Crippen LogP) is 1.30. The third kappa shape index (κ3) is 2.50. The zero-order valence-electron chi connectivity index (χ0n) is 9.87. The molecule has 1 aromatic carbocycles. The van der Waals surface area contributed by atoms with Crippen LogP contribution >= 0.6 is 0 Å². The van der Waals surface area contributed by atoms with Crippen LogP contribution in [0.4, 0.5) is 0 Å². The minimum Gasteiger partial charge on any atom is -0.327 e. The van der Waals surface area contributed by atoms with E-state index in [0.717, 1.165) is 23.4 Å². The van der Waals surface area contributed by atoms with Gasteiger partial charge in [-0.05, 0) is 6.92 Å². The molecule has 0 aliphatic rings. The highest BCUT2D eigenvalue weighted by molar-refractivity contribution is 5.60. The third-order valence-corrected chi connectivity index (χ3v) is 2.40. The van der Waals surface area contributed by atoms with Crippen LogP contribution in [0.25, 0.3) is 11.3 Å². The normalized spacial score (nSPS) is 10.2. The van der Waals surface area contributed by atoms with Crippen LogP contribution < -0.4 is 0 Å². The van der Waals surface area contributed by atoms with Gasteiger partial charge in [0, 0.05) is 12.6 Å². The summed E-state index contributed by atoms with van der Waals surface area (Å²) in [5, 5.41) is 8.65. The number of rotatable bonds is 4. The van der Waals surface area contributed by atoms with Gasteiger partial charge in [-0.1, -0.05) is 30.3 Å². The lowest BCUT2D eigenvalue weighted by Gasteiger charge is -2.08. The van der Waals surface area contributed by atoms with Crippen molar-refractivity contribution in [2.45, 2.75) is 13.6 Å². The summed E-state index contributed by atoms with van der Waals surface area (Å²) >= 11 is 0. The number of carbonyl (C=O) groups excluding carboxylic acids is 1. The maximum Gasteiger partial charge on any atom is 0.210 e. The van der Waals surface area contributed by atoms with E-state index < -0.39 is 0 Å². The van der Waals surface area contributed by atoms with Gasteiger partial charge in [0.2, 0.25) is 6.41 Å². The Balaban J connectivity index is 2.28. The SMILES string of the molecule is Cc1nn(CN(C)C=O)nc1-c1ccccc1. The van der Waals surface area contributed by atoms with Crippen molar-refractivity contribution in [1.82, 2.24) is 19.9 Å². The fraction of sp³-hybridized carbons (Fsp3) is 0.250. The second-order valence-electron chi connectivity index (χ2n) is 3.88. The minimum atomic E-state index is 0.358. The maximum atomic E-state index is 10.5. The highest BCUT2D eigenvalue weighted by Gasteiger charge is 2.09. The summed E-state index contributed by atoms with van der Waals surface area (Å²) in [5.41, 5.74) is 2.74. The van der Waals surface area contributed by atoms with Crippen molar-refractivity contribution in [1.29, 1.82) is 0 Å². The molecule has 5 nitrogen and oxygen atoms in total. The summed E-state index contributed by atoms with van der Waals surface area (Å²) in [6.07, 6.45) is 0.751. The van der Waals surface area contributed by atoms with Gasteiger partial charge in [0.05, 0.1) is 5.69 Å². The largest absolute Gasteiger partial charge is 0.327 e. The molecule has 0 unspecified atom stereocenters. The first-order valence-electron chi connectivity index (χ1n) is 5.33. The number of hydrogen-bond donors (Lipinski definition) is 0. The summed E-state index contributed by atoms with van der Waals surface area (Å²) < 4.78 is 0. The summed E-state index contributed by atoms with van der Waals surface area (Å²) in [7, 11) is 1.69. The molecule has 0 saturated carbocycles. The zero-order chi connectivity index (χ0) is 12.3. The lowest BCUT2D eigenvalue weighted by atomic mass is 10.1. The highest BCUT2D eigenvalue weighted by atomic mass is 16.1. The monoisotopic (exact) mass is 230 g/mol. The number of nitrogens with zero attached hydrogens (tertiary/aromatic N) is 4. The predicted molar refractivity (Wildman–Crippen MR) is 64.0 cm³/mol. The van der Waals surface area contributed by atoms with Crippen molar-refractivity contribution < 1.29 is 4.79 Å². The van der Waals surface area contributed by atoms with Crippen LogP contribution in [0.5, 0.6) is 0 Å². The Hall–Kier alpha value is -2.17. The van der Waals surface area contributed by atoms with Crippen LogP contribution in [0.15, 0.2) is 30.3 Å². The second kappa shape index (κ2) is 4.78. The number of aryl methyl sites for hydroxylation is 1. The van der Waals surface area contributed by atoms with Crippen LogP contribution in [-0.4, -0.2) is 33.4 Å². The molecule has 0 aliphatic heterocycles. The Kier molecular flexibility index (Phi) is 3.18. The van der Waals surface area contributed by atoms with Crippen LogP contribution in [0.1, 0.15) is 5.69 Å². The fourth-order valence-corrected chi connectivity index (χ4v) is 1.59. The summed E-state index contributed by atoms with van der Waals surface area (Å²) in [6.45, 7) is 2.27. The molecule has 2 rings (SSSR count). The Morgan fingerprint density at radius 1 is 1.29 bits per heavy atom. The molecule has 0 atom stereocenters. The highest BCUT2D eigenvalue weighted by Crippen LogP contribution is 2.18. The quantitative estimate of drug-likeness (QED) is 0.744. The van der Waals surface area contributed by atoms with E-state index in [1.165, 1.54) is 9.70 Å². The van der Waals surface area contributed by atoms with Gasteiger partial charge in [-0.15, -0.1) is 0 Å². The molecule has 5 heteroatoms. The second-order valence-corrected chi connectivity index (χ2v) is 3.88. The van der Waals surface area contributed by atoms with Gasteiger partial charge in [-0.2, -0.15) is 15.0 Å². The summed E-state index contributed by atoms with van der Waals surface area (Å²) in [4.78, 5) is 13.5. The lowest BCUT2D eigenvalue weighted by molar-refractivity contribution is -0.118. The molecule has 0 bridgehead atoms. The van der Waals surface area contributed by atoms with Crippen molar-refractivity contribution >= 4 is 6.41 Å². The number of aromatic nitrogens is 3. The smallest absolute Gasteiger partial charge is 0.210 e. The number of benzene rings is 1. The average molecular weight is 230 g/mol. The molecule has 17 heavy (non-hydrogen) atoms. The first-order valence-corrected chi connectivity index (χ1v) is 5.33. The standard InChI is InChI=1S/C12H14N4O/c1-10-12(11-6-4-3-5-7-11)14-16(13-10)8-15(2)9-17/h3-7,9H,8H2,1-2H3. The van der Waals surface area contributed by atoms with Crippen LogP contribution in [-0.2, 0) is 11.5 Å². The van der Waals surface area contributed by atoms with Crippen molar-refractivity contribution in [3.8, 4) is 11.3 Å². The topological polar surface area (TPSA) is 51.0 Å². The molecular formula is C12H14N4O. The molecule has 1 amide bonds. The Bertz CT molecular complexity index is 506. The number of amides is 1. The average Bonchev–Trinajstić information content (AvgIpc) is 2.71. The minimum absolute atomic E-state index is 0.358. The van der Waals surface area contributed by atoms with E-state index in [0.29, 0.717) is 6.67 Å². The van der Waals surface area contributed by atoms with Crippen LogP contribution in [0.2, 0.25) is 0 Å². The Morgan fingerprint density at radius 3 is 2.65 bits per heavy atom. The Morgan fingerprint density at radius 2 is 2.00 bits per heavy atom. The first kappa shape index (κ1) is 11.3. The van der Waals surface area contributed by atoms with E-state index in [9.17, 15) is 4.79 Å². The van der Waals surface area contributed by atoms with Gasteiger partial charge < -0.3 is 4.90 Å². The maximum absolute atomic E-state index is 10.5. The molecule has 0 N–H and O–H groups in total.